The Bertz CT molecular complexity index is 631. The Morgan fingerprint density at radius 1 is 1.08 bits per heavy atom. The van der Waals surface area contributed by atoms with E-state index >= 15 is 0 Å². The van der Waals surface area contributed by atoms with Gasteiger partial charge in [0.15, 0.2) is 0 Å². The maximum atomic E-state index is 13.0. The summed E-state index contributed by atoms with van der Waals surface area (Å²) in [5.74, 6) is 0.153. The van der Waals surface area contributed by atoms with Crippen LogP contribution in [0.2, 0.25) is 5.02 Å². The molecular weight excluding hydrogens is 340 g/mol. The standard InChI is InChI=1S/C19H25ClN2O3/c1-19(2,14-5-7-15(20)8-6-14)18(24)22-11-9-21(10-12-22)17(23)16-4-3-13-25-16/h5-8,16H,3-4,9-13H2,1-2H3. The van der Waals surface area contributed by atoms with E-state index in [0.29, 0.717) is 37.8 Å². The molecule has 0 bridgehead atoms. The Labute approximate surface area is 153 Å². The number of carbonyl (C=O) groups excluding carboxylic acids is 2. The minimum absolute atomic E-state index is 0.0709. The zero-order valence-electron chi connectivity index (χ0n) is 14.8. The molecule has 0 N–H and O–H groups in total. The van der Waals surface area contributed by atoms with Crippen LogP contribution in [0, 0.1) is 0 Å². The second-order valence-corrected chi connectivity index (χ2v) is 7.69. The third-order valence-corrected chi connectivity index (χ3v) is 5.44. The number of piperazine rings is 1. The number of hydrogen-bond acceptors (Lipinski definition) is 3. The van der Waals surface area contributed by atoms with Crippen LogP contribution in [0.5, 0.6) is 0 Å². The predicted octanol–water partition coefficient (Wildman–Crippen LogP) is 2.47. The number of amides is 2. The number of benzene rings is 1. The summed E-state index contributed by atoms with van der Waals surface area (Å²) in [5, 5.41) is 0.660. The molecule has 1 unspecified atom stereocenters. The van der Waals surface area contributed by atoms with Crippen LogP contribution < -0.4 is 0 Å². The van der Waals surface area contributed by atoms with Crippen molar-refractivity contribution in [3.63, 3.8) is 0 Å². The summed E-state index contributed by atoms with van der Waals surface area (Å²) in [6, 6.07) is 7.42. The predicted molar refractivity (Wildman–Crippen MR) is 96.6 cm³/mol. The SMILES string of the molecule is CC(C)(C(=O)N1CCN(C(=O)C2CCCO2)CC1)c1ccc(Cl)cc1. The Morgan fingerprint density at radius 2 is 1.68 bits per heavy atom. The lowest BCUT2D eigenvalue weighted by molar-refractivity contribution is -0.147. The molecule has 2 aliphatic rings. The van der Waals surface area contributed by atoms with E-state index in [2.05, 4.69) is 0 Å². The highest BCUT2D eigenvalue weighted by Crippen LogP contribution is 2.27. The number of carbonyl (C=O) groups is 2. The zero-order valence-corrected chi connectivity index (χ0v) is 15.6. The fraction of sp³-hybridized carbons (Fsp3) is 0.579. The normalized spacial score (nSPS) is 21.5. The largest absolute Gasteiger partial charge is 0.368 e. The van der Waals surface area contributed by atoms with Gasteiger partial charge in [-0.05, 0) is 44.4 Å². The van der Waals surface area contributed by atoms with Crippen LogP contribution in [0.15, 0.2) is 24.3 Å². The zero-order chi connectivity index (χ0) is 18.0. The maximum absolute atomic E-state index is 13.0. The van der Waals surface area contributed by atoms with Crippen molar-refractivity contribution in [1.29, 1.82) is 0 Å². The van der Waals surface area contributed by atoms with Crippen molar-refractivity contribution in [1.82, 2.24) is 9.80 Å². The van der Waals surface area contributed by atoms with E-state index in [4.69, 9.17) is 16.3 Å². The van der Waals surface area contributed by atoms with Gasteiger partial charge in [0.25, 0.3) is 5.91 Å². The minimum atomic E-state index is -0.620. The highest BCUT2D eigenvalue weighted by molar-refractivity contribution is 6.30. The average molecular weight is 365 g/mol. The van der Waals surface area contributed by atoms with E-state index in [0.717, 1.165) is 18.4 Å². The molecule has 136 valence electrons. The number of rotatable bonds is 3. The first kappa shape index (κ1) is 18.2. The van der Waals surface area contributed by atoms with Crippen molar-refractivity contribution >= 4 is 23.4 Å². The average Bonchev–Trinajstić information content (AvgIpc) is 3.15. The monoisotopic (exact) mass is 364 g/mol. The van der Waals surface area contributed by atoms with E-state index in [1.807, 2.05) is 47.9 Å². The highest BCUT2D eigenvalue weighted by Gasteiger charge is 2.37. The Morgan fingerprint density at radius 3 is 2.24 bits per heavy atom. The summed E-state index contributed by atoms with van der Waals surface area (Å²) in [5.41, 5.74) is 0.325. The van der Waals surface area contributed by atoms with Crippen LogP contribution in [0.1, 0.15) is 32.3 Å². The van der Waals surface area contributed by atoms with Gasteiger partial charge in [-0.25, -0.2) is 0 Å². The fourth-order valence-electron chi connectivity index (χ4n) is 3.49. The Kier molecular flexibility index (Phi) is 5.35. The van der Waals surface area contributed by atoms with Crippen molar-refractivity contribution in [2.75, 3.05) is 32.8 Å². The molecule has 0 aromatic heterocycles. The summed E-state index contributed by atoms with van der Waals surface area (Å²) >= 11 is 5.95. The van der Waals surface area contributed by atoms with Crippen molar-refractivity contribution in [2.24, 2.45) is 0 Å². The number of ether oxygens (including phenoxy) is 1. The van der Waals surface area contributed by atoms with Gasteiger partial charge in [-0.1, -0.05) is 23.7 Å². The second-order valence-electron chi connectivity index (χ2n) is 7.25. The summed E-state index contributed by atoms with van der Waals surface area (Å²) in [6.45, 7) is 6.81. The molecule has 0 saturated carbocycles. The molecule has 2 saturated heterocycles. The minimum Gasteiger partial charge on any atom is -0.368 e. The van der Waals surface area contributed by atoms with Crippen LogP contribution in [-0.2, 0) is 19.7 Å². The molecule has 0 radical (unpaired) electrons. The molecule has 1 aromatic rings. The summed E-state index contributed by atoms with van der Waals surface area (Å²) < 4.78 is 5.48. The molecule has 0 spiro atoms. The Hall–Kier alpha value is -1.59. The van der Waals surface area contributed by atoms with Gasteiger partial charge < -0.3 is 14.5 Å². The van der Waals surface area contributed by atoms with E-state index < -0.39 is 5.41 Å². The van der Waals surface area contributed by atoms with Gasteiger partial charge >= 0.3 is 0 Å². The molecule has 1 atom stereocenters. The number of hydrogen-bond donors (Lipinski definition) is 0. The quantitative estimate of drug-likeness (QED) is 0.827. The van der Waals surface area contributed by atoms with E-state index in [9.17, 15) is 9.59 Å². The molecule has 25 heavy (non-hydrogen) atoms. The number of nitrogens with zero attached hydrogens (tertiary/aromatic N) is 2. The highest BCUT2D eigenvalue weighted by atomic mass is 35.5. The molecule has 3 rings (SSSR count). The molecule has 6 heteroatoms. The van der Waals surface area contributed by atoms with Gasteiger partial charge in [-0.15, -0.1) is 0 Å². The third kappa shape index (κ3) is 3.82. The first-order chi connectivity index (χ1) is 11.9. The first-order valence-electron chi connectivity index (χ1n) is 8.85. The smallest absolute Gasteiger partial charge is 0.251 e. The third-order valence-electron chi connectivity index (χ3n) is 5.18. The van der Waals surface area contributed by atoms with Crippen molar-refractivity contribution < 1.29 is 14.3 Å². The lowest BCUT2D eigenvalue weighted by Crippen LogP contribution is -2.55. The molecule has 2 amide bonds. The van der Waals surface area contributed by atoms with Crippen LogP contribution in [0.25, 0.3) is 0 Å². The van der Waals surface area contributed by atoms with Crippen LogP contribution >= 0.6 is 11.6 Å². The van der Waals surface area contributed by atoms with Gasteiger partial charge in [0.1, 0.15) is 6.10 Å². The van der Waals surface area contributed by atoms with Crippen molar-refractivity contribution in [2.45, 2.75) is 38.2 Å². The van der Waals surface area contributed by atoms with E-state index in [1.165, 1.54) is 0 Å². The van der Waals surface area contributed by atoms with E-state index in [1.54, 1.807) is 0 Å². The molecule has 5 nitrogen and oxygen atoms in total. The van der Waals surface area contributed by atoms with Gasteiger partial charge in [0.2, 0.25) is 5.91 Å². The fourth-order valence-corrected chi connectivity index (χ4v) is 3.62. The maximum Gasteiger partial charge on any atom is 0.251 e. The molecule has 1 aromatic carbocycles. The molecule has 2 fully saturated rings. The van der Waals surface area contributed by atoms with Gasteiger partial charge in [0.05, 0.1) is 5.41 Å². The van der Waals surface area contributed by atoms with Crippen LogP contribution in [0.4, 0.5) is 0 Å². The summed E-state index contributed by atoms with van der Waals surface area (Å²) in [4.78, 5) is 29.1. The molecular formula is C19H25ClN2O3. The first-order valence-corrected chi connectivity index (χ1v) is 9.23. The lowest BCUT2D eigenvalue weighted by Gasteiger charge is -2.39. The Balaban J connectivity index is 1.60. The lowest BCUT2D eigenvalue weighted by atomic mass is 9.83. The topological polar surface area (TPSA) is 49.9 Å². The van der Waals surface area contributed by atoms with Crippen LogP contribution in [0.3, 0.4) is 0 Å². The summed E-state index contributed by atoms with van der Waals surface area (Å²) in [6.07, 6.45) is 1.47. The van der Waals surface area contributed by atoms with Crippen LogP contribution in [-0.4, -0.2) is 60.5 Å². The van der Waals surface area contributed by atoms with Gasteiger partial charge in [-0.2, -0.15) is 0 Å². The number of halogens is 1. The molecule has 2 heterocycles. The van der Waals surface area contributed by atoms with Crippen molar-refractivity contribution in [3.05, 3.63) is 34.9 Å². The molecule has 0 aliphatic carbocycles. The van der Waals surface area contributed by atoms with E-state index in [-0.39, 0.29) is 17.9 Å². The van der Waals surface area contributed by atoms with Gasteiger partial charge in [0, 0.05) is 37.8 Å². The summed E-state index contributed by atoms with van der Waals surface area (Å²) in [7, 11) is 0. The van der Waals surface area contributed by atoms with Crippen molar-refractivity contribution in [3.8, 4) is 0 Å². The van der Waals surface area contributed by atoms with Gasteiger partial charge in [-0.3, -0.25) is 9.59 Å². The molecule has 2 aliphatic heterocycles. The second kappa shape index (κ2) is 7.34.